The van der Waals surface area contributed by atoms with Gasteiger partial charge in [-0.05, 0) is 18.6 Å². The van der Waals surface area contributed by atoms with E-state index in [1.807, 2.05) is 25.1 Å². The predicted octanol–water partition coefficient (Wildman–Crippen LogP) is 2.71. The van der Waals surface area contributed by atoms with Gasteiger partial charge in [-0.1, -0.05) is 26.0 Å². The zero-order valence-electron chi connectivity index (χ0n) is 9.41. The van der Waals surface area contributed by atoms with E-state index in [-0.39, 0.29) is 6.04 Å². The molecule has 0 aliphatic heterocycles. The van der Waals surface area contributed by atoms with Gasteiger partial charge in [-0.25, -0.2) is 4.98 Å². The lowest BCUT2D eigenvalue weighted by atomic mass is 10.1. The van der Waals surface area contributed by atoms with Crippen molar-refractivity contribution in [2.24, 2.45) is 5.73 Å². The average Bonchev–Trinajstić information content (AvgIpc) is 2.60. The highest BCUT2D eigenvalue weighted by molar-refractivity contribution is 5.79. The first-order valence-electron chi connectivity index (χ1n) is 5.33. The normalized spacial score (nSPS) is 13.7. The van der Waals surface area contributed by atoms with Gasteiger partial charge >= 0.3 is 0 Å². The molecular weight excluding hydrogens is 186 g/mol. The van der Waals surface area contributed by atoms with Crippen molar-refractivity contribution in [1.29, 1.82) is 0 Å². The molecule has 3 nitrogen and oxygen atoms in total. The topological polar surface area (TPSA) is 54.7 Å². The molecule has 0 bridgehead atoms. The number of H-pyrrole nitrogens is 1. The van der Waals surface area contributed by atoms with Gasteiger partial charge in [0.1, 0.15) is 5.82 Å². The summed E-state index contributed by atoms with van der Waals surface area (Å²) in [5, 5.41) is 0. The number of nitrogens with zero attached hydrogens (tertiary/aromatic N) is 1. The predicted molar refractivity (Wildman–Crippen MR) is 62.8 cm³/mol. The van der Waals surface area contributed by atoms with Crippen molar-refractivity contribution in [3.63, 3.8) is 0 Å². The van der Waals surface area contributed by atoms with Crippen LogP contribution in [0.4, 0.5) is 0 Å². The summed E-state index contributed by atoms with van der Waals surface area (Å²) in [5.74, 6) is 1.44. The Labute approximate surface area is 89.7 Å². The molecule has 1 aromatic carbocycles. The Hall–Kier alpha value is -1.35. The highest BCUT2D eigenvalue weighted by Gasteiger charge is 2.11. The van der Waals surface area contributed by atoms with Gasteiger partial charge in [0.25, 0.3) is 0 Å². The number of hydrogen-bond acceptors (Lipinski definition) is 2. The highest BCUT2D eigenvalue weighted by Crippen LogP contribution is 2.23. The molecule has 0 saturated heterocycles. The molecule has 3 heteroatoms. The van der Waals surface area contributed by atoms with E-state index in [9.17, 15) is 0 Å². The molecule has 0 radical (unpaired) electrons. The number of hydrogen-bond donors (Lipinski definition) is 2. The van der Waals surface area contributed by atoms with Crippen LogP contribution in [0, 0.1) is 0 Å². The Morgan fingerprint density at radius 3 is 2.60 bits per heavy atom. The smallest absolute Gasteiger partial charge is 0.109 e. The molecule has 0 aliphatic rings. The van der Waals surface area contributed by atoms with Gasteiger partial charge in [0, 0.05) is 12.0 Å². The zero-order valence-corrected chi connectivity index (χ0v) is 9.41. The summed E-state index contributed by atoms with van der Waals surface area (Å²) in [4.78, 5) is 7.92. The standard InChI is InChI=1S/C12H17N3/c1-7(2)12-14-10-6-4-5-9(8(3)13)11(10)15-12/h4-8H,13H2,1-3H3,(H,14,15). The second kappa shape index (κ2) is 3.66. The Balaban J connectivity index is 2.64. The van der Waals surface area contributed by atoms with Crippen LogP contribution < -0.4 is 5.73 Å². The van der Waals surface area contributed by atoms with E-state index in [1.54, 1.807) is 0 Å². The lowest BCUT2D eigenvalue weighted by molar-refractivity contribution is 0.795. The number of fused-ring (bicyclic) bond motifs is 1. The number of para-hydroxylation sites is 1. The van der Waals surface area contributed by atoms with Crippen LogP contribution in [0.2, 0.25) is 0 Å². The number of benzene rings is 1. The number of imidazole rings is 1. The minimum absolute atomic E-state index is 0.0250. The zero-order chi connectivity index (χ0) is 11.0. The quantitative estimate of drug-likeness (QED) is 0.788. The van der Waals surface area contributed by atoms with E-state index < -0.39 is 0 Å². The van der Waals surface area contributed by atoms with Crippen LogP contribution in [0.3, 0.4) is 0 Å². The molecule has 2 rings (SSSR count). The van der Waals surface area contributed by atoms with Crippen molar-refractivity contribution in [3.05, 3.63) is 29.6 Å². The summed E-state index contributed by atoms with van der Waals surface area (Å²) in [7, 11) is 0. The lowest BCUT2D eigenvalue weighted by Gasteiger charge is -2.04. The van der Waals surface area contributed by atoms with E-state index >= 15 is 0 Å². The van der Waals surface area contributed by atoms with Gasteiger partial charge in [-0.2, -0.15) is 0 Å². The molecule has 2 aromatic rings. The van der Waals surface area contributed by atoms with Gasteiger partial charge < -0.3 is 10.7 Å². The maximum Gasteiger partial charge on any atom is 0.109 e. The Morgan fingerprint density at radius 2 is 2.00 bits per heavy atom. The summed E-state index contributed by atoms with van der Waals surface area (Å²) >= 11 is 0. The lowest BCUT2D eigenvalue weighted by Crippen LogP contribution is -2.05. The Morgan fingerprint density at radius 1 is 1.27 bits per heavy atom. The van der Waals surface area contributed by atoms with Gasteiger partial charge in [0.15, 0.2) is 0 Å². The number of nitrogens with two attached hydrogens (primary N) is 1. The van der Waals surface area contributed by atoms with Crippen molar-refractivity contribution < 1.29 is 0 Å². The fraction of sp³-hybridized carbons (Fsp3) is 0.417. The molecule has 0 amide bonds. The van der Waals surface area contributed by atoms with Crippen LogP contribution in [-0.2, 0) is 0 Å². The van der Waals surface area contributed by atoms with Crippen LogP contribution >= 0.6 is 0 Å². The molecular formula is C12H17N3. The molecule has 3 N–H and O–H groups in total. The fourth-order valence-electron chi connectivity index (χ4n) is 1.71. The van der Waals surface area contributed by atoms with Crippen molar-refractivity contribution >= 4 is 11.0 Å². The molecule has 0 saturated carbocycles. The number of aromatic nitrogens is 2. The number of nitrogens with one attached hydrogen (secondary N) is 1. The van der Waals surface area contributed by atoms with E-state index in [4.69, 9.17) is 5.73 Å². The maximum absolute atomic E-state index is 5.91. The molecule has 80 valence electrons. The van der Waals surface area contributed by atoms with E-state index in [0.29, 0.717) is 5.92 Å². The van der Waals surface area contributed by atoms with Crippen LogP contribution in [0.25, 0.3) is 11.0 Å². The molecule has 1 aromatic heterocycles. The van der Waals surface area contributed by atoms with E-state index in [1.165, 1.54) is 0 Å². The maximum atomic E-state index is 5.91. The molecule has 1 unspecified atom stereocenters. The molecule has 0 fully saturated rings. The minimum Gasteiger partial charge on any atom is -0.342 e. The third-order valence-corrected chi connectivity index (χ3v) is 2.60. The largest absolute Gasteiger partial charge is 0.342 e. The first-order valence-corrected chi connectivity index (χ1v) is 5.33. The summed E-state index contributed by atoms with van der Waals surface area (Å²) in [6.45, 7) is 6.24. The highest BCUT2D eigenvalue weighted by atomic mass is 14.9. The van der Waals surface area contributed by atoms with E-state index in [2.05, 4.69) is 23.8 Å². The molecule has 0 spiro atoms. The van der Waals surface area contributed by atoms with Crippen molar-refractivity contribution in [1.82, 2.24) is 9.97 Å². The summed E-state index contributed by atoms with van der Waals surface area (Å²) in [6, 6.07) is 6.12. The van der Waals surface area contributed by atoms with Gasteiger partial charge in [0.2, 0.25) is 0 Å². The van der Waals surface area contributed by atoms with Crippen molar-refractivity contribution in [2.75, 3.05) is 0 Å². The third-order valence-electron chi connectivity index (χ3n) is 2.60. The minimum atomic E-state index is 0.0250. The summed E-state index contributed by atoms with van der Waals surface area (Å²) in [5.41, 5.74) is 9.11. The Kier molecular flexibility index (Phi) is 2.49. The summed E-state index contributed by atoms with van der Waals surface area (Å²) in [6.07, 6.45) is 0. The van der Waals surface area contributed by atoms with Crippen LogP contribution in [0.15, 0.2) is 18.2 Å². The first-order chi connectivity index (χ1) is 7.09. The third kappa shape index (κ3) is 1.75. The van der Waals surface area contributed by atoms with Crippen LogP contribution in [0.5, 0.6) is 0 Å². The second-order valence-corrected chi connectivity index (χ2v) is 4.31. The SMILES string of the molecule is CC(C)c1nc2c(C(C)N)cccc2[nH]1. The van der Waals surface area contributed by atoms with E-state index in [0.717, 1.165) is 22.4 Å². The fourth-order valence-corrected chi connectivity index (χ4v) is 1.71. The first kappa shape index (κ1) is 10.2. The Bertz CT molecular complexity index is 469. The van der Waals surface area contributed by atoms with Crippen LogP contribution in [-0.4, -0.2) is 9.97 Å². The van der Waals surface area contributed by atoms with Crippen LogP contribution in [0.1, 0.15) is 44.1 Å². The number of rotatable bonds is 2. The molecule has 15 heavy (non-hydrogen) atoms. The molecule has 1 atom stereocenters. The van der Waals surface area contributed by atoms with Gasteiger partial charge in [0.05, 0.1) is 11.0 Å². The van der Waals surface area contributed by atoms with Gasteiger partial charge in [-0.3, -0.25) is 0 Å². The van der Waals surface area contributed by atoms with Crippen molar-refractivity contribution in [3.8, 4) is 0 Å². The average molecular weight is 203 g/mol. The molecule has 1 heterocycles. The second-order valence-electron chi connectivity index (χ2n) is 4.31. The monoisotopic (exact) mass is 203 g/mol. The molecule has 0 aliphatic carbocycles. The number of aromatic amines is 1. The van der Waals surface area contributed by atoms with Gasteiger partial charge in [-0.15, -0.1) is 0 Å². The summed E-state index contributed by atoms with van der Waals surface area (Å²) < 4.78 is 0. The van der Waals surface area contributed by atoms with Crippen molar-refractivity contribution in [2.45, 2.75) is 32.7 Å².